The molecule has 3 atom stereocenters. The van der Waals surface area contributed by atoms with E-state index < -0.39 is 0 Å². The highest BCUT2D eigenvalue weighted by atomic mass is 35.5. The van der Waals surface area contributed by atoms with Crippen LogP contribution in [0.3, 0.4) is 0 Å². The van der Waals surface area contributed by atoms with Crippen molar-refractivity contribution in [3.63, 3.8) is 0 Å². The van der Waals surface area contributed by atoms with Gasteiger partial charge in [0.05, 0.1) is 16.8 Å². The fourth-order valence-corrected chi connectivity index (χ4v) is 8.66. The first-order chi connectivity index (χ1) is 18.0. The Balaban J connectivity index is 1.23. The van der Waals surface area contributed by atoms with E-state index in [1.165, 1.54) is 53.8 Å². The van der Waals surface area contributed by atoms with Crippen LogP contribution in [0.25, 0.3) is 21.3 Å². The molecule has 37 heavy (non-hydrogen) atoms. The molecule has 2 aliphatic carbocycles. The zero-order valence-corrected chi connectivity index (χ0v) is 22.2. The number of nitrogens with zero attached hydrogens (tertiary/aromatic N) is 3. The highest BCUT2D eigenvalue weighted by Gasteiger charge is 2.51. The first kappa shape index (κ1) is 22.5. The number of carbonyl (C=O) groups excluding carboxylic acids is 2. The van der Waals surface area contributed by atoms with Gasteiger partial charge >= 0.3 is 0 Å². The predicted molar refractivity (Wildman–Crippen MR) is 146 cm³/mol. The Morgan fingerprint density at radius 2 is 1.97 bits per heavy atom. The number of anilines is 1. The van der Waals surface area contributed by atoms with Crippen molar-refractivity contribution in [3.05, 3.63) is 45.9 Å². The number of halogens is 1. The normalized spacial score (nSPS) is 27.6. The van der Waals surface area contributed by atoms with E-state index in [1.54, 1.807) is 11.3 Å². The second-order valence-electron chi connectivity index (χ2n) is 11.7. The molecule has 6 nitrogen and oxygen atoms in total. The zero-order valence-electron chi connectivity index (χ0n) is 20.6. The van der Waals surface area contributed by atoms with Crippen molar-refractivity contribution in [2.45, 2.75) is 69.0 Å². The summed E-state index contributed by atoms with van der Waals surface area (Å²) < 4.78 is 1.10. The lowest BCUT2D eigenvalue weighted by Crippen LogP contribution is -2.46. The molecule has 4 fully saturated rings. The molecule has 2 saturated carbocycles. The van der Waals surface area contributed by atoms with Crippen LogP contribution in [0.15, 0.2) is 30.5 Å². The van der Waals surface area contributed by atoms with Gasteiger partial charge in [-0.25, -0.2) is 0 Å². The number of amides is 2. The number of pyridine rings is 1. The molecule has 1 aromatic carbocycles. The van der Waals surface area contributed by atoms with Crippen LogP contribution in [-0.2, 0) is 16.1 Å². The highest BCUT2D eigenvalue weighted by Crippen LogP contribution is 2.59. The maximum atomic E-state index is 12.2. The third kappa shape index (κ3) is 3.50. The van der Waals surface area contributed by atoms with Crippen molar-refractivity contribution >= 4 is 50.7 Å². The maximum Gasteiger partial charge on any atom is 0.230 e. The molecule has 5 heterocycles. The van der Waals surface area contributed by atoms with Gasteiger partial charge in [-0.1, -0.05) is 11.6 Å². The molecule has 2 amide bonds. The number of carbonyl (C=O) groups is 2. The molecule has 1 spiro atoms. The van der Waals surface area contributed by atoms with Crippen LogP contribution in [0.1, 0.15) is 61.3 Å². The van der Waals surface area contributed by atoms with Gasteiger partial charge < -0.3 is 10.2 Å². The summed E-state index contributed by atoms with van der Waals surface area (Å²) in [6.07, 6.45) is 8.92. The fraction of sp³-hybridized carbons (Fsp3) is 0.483. The predicted octanol–water partition coefficient (Wildman–Crippen LogP) is 5.47. The van der Waals surface area contributed by atoms with E-state index in [4.69, 9.17) is 11.6 Å². The van der Waals surface area contributed by atoms with E-state index in [-0.39, 0.29) is 11.8 Å². The van der Waals surface area contributed by atoms with Crippen LogP contribution in [0, 0.1) is 5.92 Å². The second-order valence-corrected chi connectivity index (χ2v) is 13.3. The van der Waals surface area contributed by atoms with Crippen LogP contribution in [0.5, 0.6) is 0 Å². The summed E-state index contributed by atoms with van der Waals surface area (Å²) in [6.45, 7) is 2.50. The standard InChI is InChI=1S/C29H29ClN4O2S/c30-17-9-22(20-4-7-31-24-11-19(37-28(20)24)15-34-25(35)2-3-26(34)36)27-23(10-17)21-8-16(21)14-33(27)18-12-29(32-13-18)5-1-6-29/h4,7,9-11,16,18,21,32H,1-3,5-6,8,12-15H2/t16-,18+,21-/m0/s1. The Labute approximate surface area is 225 Å². The van der Waals surface area contributed by atoms with Crippen LogP contribution < -0.4 is 10.2 Å². The van der Waals surface area contributed by atoms with Crippen LogP contribution in [-0.4, -0.2) is 46.4 Å². The number of thiophene rings is 1. The number of nitrogens with one attached hydrogen (secondary N) is 1. The molecular weight excluding hydrogens is 504 g/mol. The first-order valence-electron chi connectivity index (χ1n) is 13.5. The molecule has 0 bridgehead atoms. The van der Waals surface area contributed by atoms with Crippen molar-refractivity contribution in [1.82, 2.24) is 15.2 Å². The lowest BCUT2D eigenvalue weighted by Gasteiger charge is -2.41. The average molecular weight is 533 g/mol. The number of aromatic nitrogens is 1. The molecule has 8 heteroatoms. The van der Waals surface area contributed by atoms with Crippen molar-refractivity contribution in [2.24, 2.45) is 5.92 Å². The van der Waals surface area contributed by atoms with Crippen LogP contribution in [0.2, 0.25) is 5.02 Å². The van der Waals surface area contributed by atoms with Gasteiger partial charge in [-0.05, 0) is 73.8 Å². The fourth-order valence-electron chi connectivity index (χ4n) is 7.30. The maximum absolute atomic E-state index is 12.2. The molecule has 0 radical (unpaired) electrons. The zero-order chi connectivity index (χ0) is 24.9. The van der Waals surface area contributed by atoms with E-state index >= 15 is 0 Å². The molecule has 5 aliphatic rings. The van der Waals surface area contributed by atoms with Gasteiger partial charge in [0.15, 0.2) is 0 Å². The van der Waals surface area contributed by atoms with Crippen LogP contribution >= 0.6 is 22.9 Å². The van der Waals surface area contributed by atoms with E-state index in [9.17, 15) is 9.59 Å². The minimum absolute atomic E-state index is 0.0800. The molecule has 1 N–H and O–H groups in total. The van der Waals surface area contributed by atoms with Crippen molar-refractivity contribution in [3.8, 4) is 11.1 Å². The summed E-state index contributed by atoms with van der Waals surface area (Å²) >= 11 is 8.42. The minimum Gasteiger partial charge on any atom is -0.366 e. The molecule has 2 saturated heterocycles. The summed E-state index contributed by atoms with van der Waals surface area (Å²) in [5, 5.41) is 4.67. The van der Waals surface area contributed by atoms with Crippen molar-refractivity contribution in [2.75, 3.05) is 18.0 Å². The summed E-state index contributed by atoms with van der Waals surface area (Å²) in [7, 11) is 0. The first-order valence-corrected chi connectivity index (χ1v) is 14.7. The lowest BCUT2D eigenvalue weighted by atomic mass is 9.75. The van der Waals surface area contributed by atoms with Gasteiger partial charge in [0, 0.05) is 70.4 Å². The third-order valence-corrected chi connectivity index (χ3v) is 10.8. The van der Waals surface area contributed by atoms with Gasteiger partial charge in [0.25, 0.3) is 0 Å². The SMILES string of the molecule is O=C1CCC(=O)N1Cc1cc2nccc(-c3cc(Cl)cc4c3N([C@H]3CNC5(CCC5)C3)C[C@@H]3C[C@H]43)c2s1. The average Bonchev–Trinajstić information content (AvgIpc) is 3.18. The number of likely N-dealkylation sites (tertiary alicyclic amines) is 1. The topological polar surface area (TPSA) is 65.5 Å². The van der Waals surface area contributed by atoms with E-state index in [0.29, 0.717) is 36.9 Å². The highest BCUT2D eigenvalue weighted by molar-refractivity contribution is 7.19. The largest absolute Gasteiger partial charge is 0.366 e. The molecule has 3 aromatic rings. The molecule has 2 aromatic heterocycles. The van der Waals surface area contributed by atoms with Crippen LogP contribution in [0.4, 0.5) is 5.69 Å². The Morgan fingerprint density at radius 1 is 1.14 bits per heavy atom. The van der Waals surface area contributed by atoms with Gasteiger partial charge in [0.2, 0.25) is 11.8 Å². The van der Waals surface area contributed by atoms with Crippen molar-refractivity contribution < 1.29 is 9.59 Å². The smallest absolute Gasteiger partial charge is 0.230 e. The number of fused-ring (bicyclic) bond motifs is 4. The van der Waals surface area contributed by atoms with E-state index in [1.807, 2.05) is 12.3 Å². The summed E-state index contributed by atoms with van der Waals surface area (Å²) in [5.74, 6) is 1.18. The van der Waals surface area contributed by atoms with Gasteiger partial charge in [-0.2, -0.15) is 0 Å². The Morgan fingerprint density at radius 3 is 2.73 bits per heavy atom. The number of rotatable bonds is 4. The summed E-state index contributed by atoms with van der Waals surface area (Å²) in [5.41, 5.74) is 6.37. The number of benzene rings is 1. The monoisotopic (exact) mass is 532 g/mol. The number of hydrogen-bond donors (Lipinski definition) is 1. The third-order valence-electron chi connectivity index (χ3n) is 9.46. The van der Waals surface area contributed by atoms with Gasteiger partial charge in [0.1, 0.15) is 0 Å². The summed E-state index contributed by atoms with van der Waals surface area (Å²) in [4.78, 5) is 34.2. The quantitative estimate of drug-likeness (QED) is 0.451. The molecule has 190 valence electrons. The van der Waals surface area contributed by atoms with E-state index in [0.717, 1.165) is 44.7 Å². The van der Waals surface area contributed by atoms with Crippen molar-refractivity contribution in [1.29, 1.82) is 0 Å². The second kappa shape index (κ2) is 8.01. The number of hydrogen-bond acceptors (Lipinski definition) is 6. The minimum atomic E-state index is -0.0800. The molecular formula is C29H29ClN4O2S. The summed E-state index contributed by atoms with van der Waals surface area (Å²) in [6, 6.07) is 9.00. The number of imide groups is 1. The Kier molecular flexibility index (Phi) is 4.87. The van der Waals surface area contributed by atoms with Gasteiger partial charge in [-0.3, -0.25) is 19.5 Å². The molecule has 0 unspecified atom stereocenters. The Bertz CT molecular complexity index is 1460. The molecule has 3 aliphatic heterocycles. The van der Waals surface area contributed by atoms with Gasteiger partial charge in [-0.15, -0.1) is 11.3 Å². The molecule has 8 rings (SSSR count). The Hall–Kier alpha value is -2.48. The lowest BCUT2D eigenvalue weighted by molar-refractivity contribution is -0.138. The van der Waals surface area contributed by atoms with E-state index in [2.05, 4.69) is 33.4 Å².